The number of rotatable bonds is 9. The number of nitrogens with zero attached hydrogens (tertiary/aromatic N) is 1. The molecule has 1 saturated heterocycles. The van der Waals surface area contributed by atoms with Crippen LogP contribution in [0.1, 0.15) is 45.3 Å². The van der Waals surface area contributed by atoms with Gasteiger partial charge in [0.2, 0.25) is 10.0 Å². The van der Waals surface area contributed by atoms with Crippen LogP contribution in [0.3, 0.4) is 0 Å². The summed E-state index contributed by atoms with van der Waals surface area (Å²) < 4.78 is 29.2. The average Bonchev–Trinajstić information content (AvgIpc) is 3.30. The predicted octanol–water partition coefficient (Wildman–Crippen LogP) is 5.01. The summed E-state index contributed by atoms with van der Waals surface area (Å²) in [6, 6.07) is 9.66. The van der Waals surface area contributed by atoms with Gasteiger partial charge < -0.3 is 4.42 Å². The third-order valence-electron chi connectivity index (χ3n) is 5.23. The number of carbonyl (C=O) groups is 1. The minimum Gasteiger partial charge on any atom is -0.457 e. The van der Waals surface area contributed by atoms with Gasteiger partial charge in [-0.2, -0.15) is 0 Å². The van der Waals surface area contributed by atoms with Crippen molar-refractivity contribution < 1.29 is 17.6 Å². The SMILES string of the molecule is CCCCC(CC)CN1C(=O)C(=Cc2ccc(-c3ccc(S(N)(=O)=O)cc3)o2)SC1=S. The van der Waals surface area contributed by atoms with Gasteiger partial charge in [0.15, 0.2) is 0 Å². The second kappa shape index (κ2) is 10.1. The number of unbranched alkanes of at least 4 members (excludes halogenated alkanes) is 1. The van der Waals surface area contributed by atoms with E-state index in [1.54, 1.807) is 35.2 Å². The van der Waals surface area contributed by atoms with Gasteiger partial charge in [0.25, 0.3) is 5.91 Å². The molecule has 3 rings (SSSR count). The van der Waals surface area contributed by atoms with E-state index in [2.05, 4.69) is 13.8 Å². The van der Waals surface area contributed by atoms with Crippen LogP contribution in [-0.4, -0.2) is 30.1 Å². The second-order valence-electron chi connectivity index (χ2n) is 7.48. The summed E-state index contributed by atoms with van der Waals surface area (Å²) in [7, 11) is -3.74. The molecule has 1 unspecified atom stereocenters. The molecule has 1 aromatic heterocycles. The maximum atomic E-state index is 12.9. The molecule has 1 fully saturated rings. The molecule has 1 amide bonds. The van der Waals surface area contributed by atoms with Gasteiger partial charge >= 0.3 is 0 Å². The molecular weight excluding hydrogens is 452 g/mol. The highest BCUT2D eigenvalue weighted by Gasteiger charge is 2.33. The maximum Gasteiger partial charge on any atom is 0.266 e. The van der Waals surface area contributed by atoms with Gasteiger partial charge in [0, 0.05) is 18.2 Å². The topological polar surface area (TPSA) is 93.6 Å². The lowest BCUT2D eigenvalue weighted by atomic mass is 9.99. The molecule has 0 bridgehead atoms. The Morgan fingerprint density at radius 2 is 1.90 bits per heavy atom. The molecular formula is C22H26N2O4S3. The molecule has 0 saturated carbocycles. The average molecular weight is 479 g/mol. The number of thioether (sulfide) groups is 1. The first kappa shape index (κ1) is 23.7. The Labute approximate surface area is 192 Å². The first-order valence-electron chi connectivity index (χ1n) is 10.2. The van der Waals surface area contributed by atoms with Gasteiger partial charge in [-0.25, -0.2) is 13.6 Å². The molecule has 9 heteroatoms. The van der Waals surface area contributed by atoms with E-state index in [1.165, 1.54) is 23.9 Å². The summed E-state index contributed by atoms with van der Waals surface area (Å²) in [6.45, 7) is 4.97. The zero-order valence-electron chi connectivity index (χ0n) is 17.5. The lowest BCUT2D eigenvalue weighted by Gasteiger charge is -2.21. The lowest BCUT2D eigenvalue weighted by molar-refractivity contribution is -0.122. The van der Waals surface area contributed by atoms with Crippen LogP contribution < -0.4 is 5.14 Å². The summed E-state index contributed by atoms with van der Waals surface area (Å²) in [5, 5.41) is 5.13. The van der Waals surface area contributed by atoms with E-state index in [0.29, 0.717) is 38.8 Å². The Kier molecular flexibility index (Phi) is 7.74. The third-order valence-corrected chi connectivity index (χ3v) is 7.53. The minimum absolute atomic E-state index is 0.0380. The lowest BCUT2D eigenvalue weighted by Crippen LogP contribution is -2.33. The fourth-order valence-corrected chi connectivity index (χ4v) is 5.13. The number of sulfonamides is 1. The normalized spacial score (nSPS) is 17.0. The van der Waals surface area contributed by atoms with Crippen molar-refractivity contribution in [2.45, 2.75) is 44.4 Å². The summed E-state index contributed by atoms with van der Waals surface area (Å²) in [5.41, 5.74) is 0.710. The second-order valence-corrected chi connectivity index (χ2v) is 10.7. The molecule has 2 aromatic rings. The van der Waals surface area contributed by atoms with Crippen molar-refractivity contribution in [1.82, 2.24) is 4.90 Å². The van der Waals surface area contributed by atoms with Gasteiger partial charge in [0.05, 0.1) is 9.80 Å². The van der Waals surface area contributed by atoms with Crippen molar-refractivity contribution in [3.8, 4) is 11.3 Å². The molecule has 1 aromatic carbocycles. The van der Waals surface area contributed by atoms with Gasteiger partial charge in [0.1, 0.15) is 15.8 Å². The van der Waals surface area contributed by atoms with E-state index >= 15 is 0 Å². The van der Waals surface area contributed by atoms with E-state index in [9.17, 15) is 13.2 Å². The number of thiocarbonyl (C=S) groups is 1. The molecule has 2 N–H and O–H groups in total. The van der Waals surface area contributed by atoms with Gasteiger partial charge in [-0.1, -0.05) is 57.1 Å². The summed E-state index contributed by atoms with van der Waals surface area (Å²) in [4.78, 5) is 15.2. The van der Waals surface area contributed by atoms with Crippen molar-refractivity contribution in [3.63, 3.8) is 0 Å². The maximum absolute atomic E-state index is 12.9. The van der Waals surface area contributed by atoms with Crippen molar-refractivity contribution in [2.24, 2.45) is 11.1 Å². The minimum atomic E-state index is -3.74. The first-order chi connectivity index (χ1) is 14.7. The van der Waals surface area contributed by atoms with E-state index in [4.69, 9.17) is 21.8 Å². The van der Waals surface area contributed by atoms with Crippen LogP contribution in [0.5, 0.6) is 0 Å². The number of amides is 1. The number of carbonyl (C=O) groups excluding carboxylic acids is 1. The van der Waals surface area contributed by atoms with Crippen LogP contribution in [-0.2, 0) is 14.8 Å². The Morgan fingerprint density at radius 1 is 1.19 bits per heavy atom. The Morgan fingerprint density at radius 3 is 2.52 bits per heavy atom. The number of hydrogen-bond acceptors (Lipinski definition) is 6. The van der Waals surface area contributed by atoms with Crippen LogP contribution in [0.2, 0.25) is 0 Å². The van der Waals surface area contributed by atoms with E-state index in [0.717, 1.165) is 25.7 Å². The van der Waals surface area contributed by atoms with Crippen LogP contribution in [0, 0.1) is 5.92 Å². The highest BCUT2D eigenvalue weighted by molar-refractivity contribution is 8.26. The first-order valence-corrected chi connectivity index (χ1v) is 13.0. The van der Waals surface area contributed by atoms with Gasteiger partial charge in [-0.15, -0.1) is 0 Å². The smallest absolute Gasteiger partial charge is 0.266 e. The molecule has 1 atom stereocenters. The van der Waals surface area contributed by atoms with Crippen molar-refractivity contribution >= 4 is 50.3 Å². The summed E-state index contributed by atoms with van der Waals surface area (Å²) in [5.74, 6) is 1.45. The highest BCUT2D eigenvalue weighted by Crippen LogP contribution is 2.35. The van der Waals surface area contributed by atoms with E-state index in [1.807, 2.05) is 0 Å². The fraction of sp³-hybridized carbons (Fsp3) is 0.364. The molecule has 0 spiro atoms. The molecule has 1 aliphatic rings. The zero-order chi connectivity index (χ0) is 22.6. The number of hydrogen-bond donors (Lipinski definition) is 1. The fourth-order valence-electron chi connectivity index (χ4n) is 3.36. The molecule has 31 heavy (non-hydrogen) atoms. The van der Waals surface area contributed by atoms with Crippen molar-refractivity contribution in [1.29, 1.82) is 0 Å². The van der Waals surface area contributed by atoms with Crippen LogP contribution in [0.25, 0.3) is 17.4 Å². The number of primary sulfonamides is 1. The van der Waals surface area contributed by atoms with E-state index < -0.39 is 10.0 Å². The molecule has 0 aliphatic carbocycles. The quantitative estimate of drug-likeness (QED) is 0.402. The van der Waals surface area contributed by atoms with Gasteiger partial charge in [-0.05, 0) is 48.7 Å². The monoisotopic (exact) mass is 478 g/mol. The Balaban J connectivity index is 1.73. The number of nitrogens with two attached hydrogens (primary N) is 1. The van der Waals surface area contributed by atoms with Gasteiger partial charge in [-0.3, -0.25) is 9.69 Å². The number of furan rings is 1. The molecule has 6 nitrogen and oxygen atoms in total. The summed E-state index contributed by atoms with van der Waals surface area (Å²) in [6.07, 6.45) is 6.10. The van der Waals surface area contributed by atoms with Crippen LogP contribution in [0.4, 0.5) is 0 Å². The molecule has 2 heterocycles. The largest absolute Gasteiger partial charge is 0.457 e. The van der Waals surface area contributed by atoms with E-state index in [-0.39, 0.29) is 10.8 Å². The standard InChI is InChI=1S/C22H26N2O4S3/c1-3-5-6-15(4-2)14-24-21(25)20(30-22(24)29)13-17-9-12-19(28-17)16-7-10-18(11-8-16)31(23,26)27/h7-13,15H,3-6,14H2,1-2H3,(H2,23,26,27). The van der Waals surface area contributed by atoms with Crippen LogP contribution in [0.15, 0.2) is 50.6 Å². The predicted molar refractivity (Wildman–Crippen MR) is 129 cm³/mol. The number of benzene rings is 1. The molecule has 0 radical (unpaired) electrons. The Hall–Kier alpha value is -1.94. The van der Waals surface area contributed by atoms with Crippen molar-refractivity contribution in [2.75, 3.05) is 6.54 Å². The molecule has 1 aliphatic heterocycles. The van der Waals surface area contributed by atoms with Crippen molar-refractivity contribution in [3.05, 3.63) is 47.1 Å². The summed E-state index contributed by atoms with van der Waals surface area (Å²) >= 11 is 6.74. The Bertz CT molecular complexity index is 1090. The van der Waals surface area contributed by atoms with Crippen LogP contribution >= 0.6 is 24.0 Å². The highest BCUT2D eigenvalue weighted by atomic mass is 32.2. The molecule has 166 valence electrons. The zero-order valence-corrected chi connectivity index (χ0v) is 20.0. The third kappa shape index (κ3) is 5.85.